The maximum atomic E-state index is 13.2. The first-order valence-electron chi connectivity index (χ1n) is 8.80. The predicted octanol–water partition coefficient (Wildman–Crippen LogP) is 3.43. The van der Waals surface area contributed by atoms with E-state index in [-0.39, 0.29) is 42.7 Å². The minimum absolute atomic E-state index is 0. The van der Waals surface area contributed by atoms with Crippen LogP contribution in [0.5, 0.6) is 0 Å². The van der Waals surface area contributed by atoms with Crippen LogP contribution in [-0.2, 0) is 0 Å². The topological polar surface area (TPSA) is 98.1 Å². The molecule has 0 aromatic carbocycles. The average Bonchev–Trinajstić information content (AvgIpc) is 3.27. The van der Waals surface area contributed by atoms with Gasteiger partial charge in [-0.25, -0.2) is 4.98 Å². The first-order valence-corrected chi connectivity index (χ1v) is 8.80. The molecule has 0 unspecified atom stereocenters. The van der Waals surface area contributed by atoms with Crippen LogP contribution in [0.1, 0.15) is 42.2 Å². The van der Waals surface area contributed by atoms with Gasteiger partial charge in [0.25, 0.3) is 11.6 Å². The Kier molecular flexibility index (Phi) is 6.98. The smallest absolute Gasteiger partial charge is 0.259 e. The summed E-state index contributed by atoms with van der Waals surface area (Å²) in [7, 11) is 0. The molecule has 0 saturated carbocycles. The number of likely N-dealkylation sites (tertiary alicyclic amines) is 1. The number of aromatic nitrogens is 3. The maximum absolute atomic E-state index is 13.2. The highest BCUT2D eigenvalue weighted by atomic mass is 35.5. The highest BCUT2D eigenvalue weighted by Gasteiger charge is 2.29. The number of carbonyl (C=O) groups is 1. The number of pyridine rings is 2. The summed E-state index contributed by atoms with van der Waals surface area (Å²) in [5.41, 5.74) is 9.14. The van der Waals surface area contributed by atoms with Crippen LogP contribution in [0.4, 0.5) is 0 Å². The molecular weight excluding hydrogens is 401 g/mol. The van der Waals surface area contributed by atoms with Crippen LogP contribution < -0.4 is 5.73 Å². The van der Waals surface area contributed by atoms with E-state index in [0.717, 1.165) is 17.7 Å². The van der Waals surface area contributed by atoms with E-state index in [1.165, 1.54) is 0 Å². The standard InChI is InChI=1S/C19H21N5O2.2ClH/c1-11(2)17-16-14(19(25)24-7-5-13(20)10-24)8-15(22-18(16)26-23-17)12-4-3-6-21-9-12;;/h3-4,6,8-9,11,13H,5,7,10,20H2,1-2H3;2*1H/t13-;;/m1../s1. The summed E-state index contributed by atoms with van der Waals surface area (Å²) in [6.07, 6.45) is 4.23. The molecule has 3 aromatic heterocycles. The molecule has 4 heterocycles. The molecule has 0 radical (unpaired) electrons. The predicted molar refractivity (Wildman–Crippen MR) is 112 cm³/mol. The molecule has 28 heavy (non-hydrogen) atoms. The fourth-order valence-electron chi connectivity index (χ4n) is 3.34. The number of halogens is 2. The van der Waals surface area contributed by atoms with Crippen LogP contribution in [0, 0.1) is 0 Å². The van der Waals surface area contributed by atoms with E-state index in [1.54, 1.807) is 17.3 Å². The van der Waals surface area contributed by atoms with Gasteiger partial charge in [-0.3, -0.25) is 9.78 Å². The van der Waals surface area contributed by atoms with Crippen LogP contribution in [0.15, 0.2) is 35.1 Å². The van der Waals surface area contributed by atoms with Gasteiger partial charge < -0.3 is 15.2 Å². The van der Waals surface area contributed by atoms with Gasteiger partial charge in [-0.1, -0.05) is 19.0 Å². The molecule has 2 N–H and O–H groups in total. The second-order valence-electron chi connectivity index (χ2n) is 7.00. The van der Waals surface area contributed by atoms with Gasteiger partial charge in [-0.05, 0) is 30.5 Å². The minimum Gasteiger partial charge on any atom is -0.337 e. The van der Waals surface area contributed by atoms with Crippen LogP contribution in [0.25, 0.3) is 22.4 Å². The molecule has 4 rings (SSSR count). The number of hydrogen-bond acceptors (Lipinski definition) is 6. The summed E-state index contributed by atoms with van der Waals surface area (Å²) in [6.45, 7) is 5.26. The Balaban J connectivity index is 0.00000140. The fraction of sp³-hybridized carbons (Fsp3) is 0.368. The normalized spacial score (nSPS) is 16.1. The maximum Gasteiger partial charge on any atom is 0.259 e. The van der Waals surface area contributed by atoms with Gasteiger partial charge >= 0.3 is 0 Å². The van der Waals surface area contributed by atoms with Crippen molar-refractivity contribution in [3.05, 3.63) is 41.9 Å². The lowest BCUT2D eigenvalue weighted by atomic mass is 10.0. The summed E-state index contributed by atoms with van der Waals surface area (Å²) in [5.74, 6) is 0.0651. The average molecular weight is 424 g/mol. The second-order valence-corrected chi connectivity index (χ2v) is 7.00. The summed E-state index contributed by atoms with van der Waals surface area (Å²) < 4.78 is 5.47. The fourth-order valence-corrected chi connectivity index (χ4v) is 3.34. The SMILES string of the molecule is CC(C)c1noc2nc(-c3cccnc3)cc(C(=O)N3CC[C@@H](N)C3)c12.Cl.Cl. The number of nitrogens with two attached hydrogens (primary N) is 1. The molecule has 0 aliphatic carbocycles. The third-order valence-electron chi connectivity index (χ3n) is 4.72. The van der Waals surface area contributed by atoms with Crippen molar-refractivity contribution in [3.8, 4) is 11.3 Å². The highest BCUT2D eigenvalue weighted by Crippen LogP contribution is 2.31. The molecule has 3 aromatic rings. The zero-order chi connectivity index (χ0) is 18.3. The molecule has 1 aliphatic rings. The van der Waals surface area contributed by atoms with Gasteiger partial charge in [0.15, 0.2) is 0 Å². The molecule has 1 fully saturated rings. The molecule has 0 spiro atoms. The van der Waals surface area contributed by atoms with Crippen molar-refractivity contribution < 1.29 is 9.32 Å². The van der Waals surface area contributed by atoms with E-state index < -0.39 is 0 Å². The van der Waals surface area contributed by atoms with Crippen LogP contribution in [0.3, 0.4) is 0 Å². The first-order chi connectivity index (χ1) is 12.5. The molecule has 1 aliphatic heterocycles. The van der Waals surface area contributed by atoms with E-state index in [4.69, 9.17) is 10.3 Å². The molecule has 150 valence electrons. The Morgan fingerprint density at radius 2 is 2.14 bits per heavy atom. The van der Waals surface area contributed by atoms with Gasteiger partial charge in [0, 0.05) is 37.1 Å². The zero-order valence-corrected chi connectivity index (χ0v) is 17.3. The van der Waals surface area contributed by atoms with E-state index in [0.29, 0.717) is 35.4 Å². The van der Waals surface area contributed by atoms with E-state index in [9.17, 15) is 4.79 Å². The summed E-state index contributed by atoms with van der Waals surface area (Å²) in [6, 6.07) is 5.58. The van der Waals surface area contributed by atoms with Crippen LogP contribution in [-0.4, -0.2) is 45.1 Å². The van der Waals surface area contributed by atoms with Crippen molar-refractivity contribution in [2.45, 2.75) is 32.2 Å². The van der Waals surface area contributed by atoms with Gasteiger partial charge in [0.2, 0.25) is 0 Å². The number of amides is 1. The van der Waals surface area contributed by atoms with Crippen LogP contribution in [0.2, 0.25) is 0 Å². The Bertz CT molecular complexity index is 962. The second kappa shape index (κ2) is 8.86. The minimum atomic E-state index is -0.0550. The van der Waals surface area contributed by atoms with Gasteiger partial charge in [0.1, 0.15) is 0 Å². The Labute approximate surface area is 175 Å². The first kappa shape index (κ1) is 22.1. The van der Waals surface area contributed by atoms with Crippen molar-refractivity contribution in [1.82, 2.24) is 20.0 Å². The number of carbonyl (C=O) groups excluding carboxylic acids is 1. The molecule has 7 nitrogen and oxygen atoms in total. The van der Waals surface area contributed by atoms with Crippen molar-refractivity contribution in [2.24, 2.45) is 5.73 Å². The van der Waals surface area contributed by atoms with Gasteiger partial charge in [-0.15, -0.1) is 24.8 Å². The van der Waals surface area contributed by atoms with Crippen molar-refractivity contribution in [3.63, 3.8) is 0 Å². The van der Waals surface area contributed by atoms with E-state index >= 15 is 0 Å². The number of rotatable bonds is 3. The summed E-state index contributed by atoms with van der Waals surface area (Å²) in [5, 5.41) is 4.86. The monoisotopic (exact) mass is 423 g/mol. The van der Waals surface area contributed by atoms with Crippen molar-refractivity contribution in [1.29, 1.82) is 0 Å². The van der Waals surface area contributed by atoms with Crippen molar-refractivity contribution in [2.75, 3.05) is 13.1 Å². The lowest BCUT2D eigenvalue weighted by molar-refractivity contribution is 0.0792. The largest absolute Gasteiger partial charge is 0.337 e. The van der Waals surface area contributed by atoms with Gasteiger partial charge in [-0.2, -0.15) is 0 Å². The molecule has 1 saturated heterocycles. The van der Waals surface area contributed by atoms with Crippen molar-refractivity contribution >= 4 is 41.8 Å². The molecule has 0 bridgehead atoms. The lowest BCUT2D eigenvalue weighted by Crippen LogP contribution is -2.32. The van der Waals surface area contributed by atoms with Crippen LogP contribution >= 0.6 is 24.8 Å². The summed E-state index contributed by atoms with van der Waals surface area (Å²) in [4.78, 5) is 23.7. The third kappa shape index (κ3) is 3.97. The molecule has 1 amide bonds. The summed E-state index contributed by atoms with van der Waals surface area (Å²) >= 11 is 0. The number of fused-ring (bicyclic) bond motifs is 1. The van der Waals surface area contributed by atoms with E-state index in [2.05, 4.69) is 15.1 Å². The Morgan fingerprint density at radius 1 is 1.36 bits per heavy atom. The quantitative estimate of drug-likeness (QED) is 0.692. The molecular formula is C19H23Cl2N5O2. The lowest BCUT2D eigenvalue weighted by Gasteiger charge is -2.17. The Morgan fingerprint density at radius 3 is 2.75 bits per heavy atom. The third-order valence-corrected chi connectivity index (χ3v) is 4.72. The number of nitrogens with zero attached hydrogens (tertiary/aromatic N) is 4. The van der Waals surface area contributed by atoms with Gasteiger partial charge in [0.05, 0.1) is 22.3 Å². The highest BCUT2D eigenvalue weighted by molar-refractivity contribution is 6.07. The zero-order valence-electron chi connectivity index (χ0n) is 15.7. The van der Waals surface area contributed by atoms with E-state index in [1.807, 2.05) is 32.0 Å². The Hall–Kier alpha value is -2.22. The number of hydrogen-bond donors (Lipinski definition) is 1. The molecule has 9 heteroatoms. The molecule has 1 atom stereocenters.